The Labute approximate surface area is 80.3 Å². The number of rotatable bonds is 4. The lowest BCUT2D eigenvalue weighted by molar-refractivity contribution is -0.116. The molecule has 0 heterocycles. The molecule has 0 saturated heterocycles. The summed E-state index contributed by atoms with van der Waals surface area (Å²) in [5, 5.41) is 0. The van der Waals surface area contributed by atoms with Crippen LogP contribution in [0.25, 0.3) is 0 Å². The third-order valence-corrected chi connectivity index (χ3v) is 3.58. The molecule has 0 aromatic carbocycles. The second-order valence-electron chi connectivity index (χ2n) is 4.83. The van der Waals surface area contributed by atoms with Crippen molar-refractivity contribution in [1.29, 1.82) is 0 Å². The number of carbonyl (C=O) groups excluding carboxylic acids is 1. The maximum Gasteiger partial charge on any atom is 0.127 e. The third kappa shape index (κ3) is 1.93. The molecule has 0 radical (unpaired) electrons. The van der Waals surface area contributed by atoms with Crippen LogP contribution in [0.1, 0.15) is 38.5 Å². The molecule has 2 aliphatic carbocycles. The molecule has 74 valence electrons. The molecule has 0 unspecified atom stereocenters. The summed E-state index contributed by atoms with van der Waals surface area (Å²) < 4.78 is 0. The van der Waals surface area contributed by atoms with Gasteiger partial charge >= 0.3 is 0 Å². The van der Waals surface area contributed by atoms with Gasteiger partial charge in [-0.3, -0.25) is 0 Å². The molecule has 2 heteroatoms. The fourth-order valence-electron chi connectivity index (χ4n) is 2.53. The molecule has 2 rings (SSSR count). The molecular formula is C11H19NO. The molecular weight excluding hydrogens is 162 g/mol. The lowest BCUT2D eigenvalue weighted by Crippen LogP contribution is -2.36. The Balaban J connectivity index is 1.92. The monoisotopic (exact) mass is 181 g/mol. The highest BCUT2D eigenvalue weighted by atomic mass is 16.1. The average molecular weight is 181 g/mol. The minimum Gasteiger partial charge on any atom is -0.303 e. The molecule has 13 heavy (non-hydrogen) atoms. The number of carbonyl (C=O) groups is 1. The van der Waals surface area contributed by atoms with Gasteiger partial charge in [0.05, 0.1) is 0 Å². The zero-order valence-corrected chi connectivity index (χ0v) is 8.46. The third-order valence-electron chi connectivity index (χ3n) is 3.58. The second-order valence-corrected chi connectivity index (χ2v) is 4.83. The van der Waals surface area contributed by atoms with Crippen LogP contribution in [0, 0.1) is 5.41 Å². The first-order valence-corrected chi connectivity index (χ1v) is 5.42. The summed E-state index contributed by atoms with van der Waals surface area (Å²) in [6.07, 6.45) is 8.63. The topological polar surface area (TPSA) is 20.3 Å². The largest absolute Gasteiger partial charge is 0.303 e. The normalized spacial score (nSPS) is 26.6. The van der Waals surface area contributed by atoms with E-state index in [9.17, 15) is 4.79 Å². The summed E-state index contributed by atoms with van der Waals surface area (Å²) in [6, 6.07) is 0.789. The first-order chi connectivity index (χ1) is 6.26. The Morgan fingerprint density at radius 2 is 2.00 bits per heavy atom. The standard InChI is InChI=1S/C11H19NO/c1-12(10-4-5-10)8-11(9-13)6-2-3-7-11/h9-10H,2-8H2,1H3. The predicted octanol–water partition coefficient (Wildman–Crippen LogP) is 1.84. The number of nitrogens with zero attached hydrogens (tertiary/aromatic N) is 1. The van der Waals surface area contributed by atoms with E-state index in [-0.39, 0.29) is 5.41 Å². The van der Waals surface area contributed by atoms with E-state index in [2.05, 4.69) is 11.9 Å². The van der Waals surface area contributed by atoms with Crippen molar-refractivity contribution in [3.63, 3.8) is 0 Å². The Bertz CT molecular complexity index is 192. The van der Waals surface area contributed by atoms with Crippen LogP contribution in [-0.2, 0) is 4.79 Å². The van der Waals surface area contributed by atoms with Gasteiger partial charge in [0, 0.05) is 18.0 Å². The number of aldehydes is 1. The van der Waals surface area contributed by atoms with Gasteiger partial charge in [0.1, 0.15) is 6.29 Å². The van der Waals surface area contributed by atoms with E-state index >= 15 is 0 Å². The highest BCUT2D eigenvalue weighted by Crippen LogP contribution is 2.38. The van der Waals surface area contributed by atoms with E-state index in [0.717, 1.165) is 25.4 Å². The SMILES string of the molecule is CN(CC1(C=O)CCCC1)C1CC1. The average Bonchev–Trinajstić information content (AvgIpc) is 2.89. The van der Waals surface area contributed by atoms with Crippen molar-refractivity contribution in [2.75, 3.05) is 13.6 Å². The van der Waals surface area contributed by atoms with E-state index in [1.54, 1.807) is 0 Å². The van der Waals surface area contributed by atoms with Crippen LogP contribution in [0.5, 0.6) is 0 Å². The minimum absolute atomic E-state index is 0.0251. The van der Waals surface area contributed by atoms with Crippen molar-refractivity contribution in [2.45, 2.75) is 44.6 Å². The summed E-state index contributed by atoms with van der Waals surface area (Å²) in [5.41, 5.74) is 0.0251. The van der Waals surface area contributed by atoms with Crippen LogP contribution in [0.3, 0.4) is 0 Å². The molecule has 0 bridgehead atoms. The first-order valence-electron chi connectivity index (χ1n) is 5.42. The Kier molecular flexibility index (Phi) is 2.41. The maximum atomic E-state index is 11.1. The van der Waals surface area contributed by atoms with Gasteiger partial charge in [-0.05, 0) is 32.7 Å². The number of hydrogen-bond acceptors (Lipinski definition) is 2. The number of hydrogen-bond donors (Lipinski definition) is 0. The van der Waals surface area contributed by atoms with Gasteiger partial charge in [0.2, 0.25) is 0 Å². The second kappa shape index (κ2) is 3.41. The molecule has 0 N–H and O–H groups in total. The van der Waals surface area contributed by atoms with Crippen LogP contribution < -0.4 is 0 Å². The Hall–Kier alpha value is -0.370. The zero-order valence-electron chi connectivity index (χ0n) is 8.46. The van der Waals surface area contributed by atoms with Crippen LogP contribution in [0.2, 0.25) is 0 Å². The predicted molar refractivity (Wildman–Crippen MR) is 52.6 cm³/mol. The van der Waals surface area contributed by atoms with Crippen molar-refractivity contribution < 1.29 is 4.79 Å². The van der Waals surface area contributed by atoms with E-state index in [0.29, 0.717) is 0 Å². The highest BCUT2D eigenvalue weighted by Gasteiger charge is 2.37. The molecule has 0 atom stereocenters. The summed E-state index contributed by atoms with van der Waals surface area (Å²) >= 11 is 0. The van der Waals surface area contributed by atoms with Crippen molar-refractivity contribution in [3.8, 4) is 0 Å². The maximum absolute atomic E-state index is 11.1. The quantitative estimate of drug-likeness (QED) is 0.617. The van der Waals surface area contributed by atoms with Gasteiger partial charge in [0.25, 0.3) is 0 Å². The molecule has 0 aromatic heterocycles. The van der Waals surface area contributed by atoms with Gasteiger partial charge in [-0.25, -0.2) is 0 Å². The smallest absolute Gasteiger partial charge is 0.127 e. The lowest BCUT2D eigenvalue weighted by Gasteiger charge is -2.28. The first kappa shape index (κ1) is 9.20. The molecule has 2 nitrogen and oxygen atoms in total. The fourth-order valence-corrected chi connectivity index (χ4v) is 2.53. The van der Waals surface area contributed by atoms with Gasteiger partial charge in [0.15, 0.2) is 0 Å². The Morgan fingerprint density at radius 3 is 2.46 bits per heavy atom. The summed E-state index contributed by atoms with van der Waals surface area (Å²) in [6.45, 7) is 1.00. The van der Waals surface area contributed by atoms with Crippen molar-refractivity contribution >= 4 is 6.29 Å². The van der Waals surface area contributed by atoms with Gasteiger partial charge in [-0.2, -0.15) is 0 Å². The van der Waals surface area contributed by atoms with Crippen LogP contribution in [0.4, 0.5) is 0 Å². The highest BCUT2D eigenvalue weighted by molar-refractivity contribution is 5.60. The van der Waals surface area contributed by atoms with Gasteiger partial charge in [-0.15, -0.1) is 0 Å². The van der Waals surface area contributed by atoms with Crippen LogP contribution in [0.15, 0.2) is 0 Å². The lowest BCUT2D eigenvalue weighted by atomic mass is 9.87. The molecule has 2 fully saturated rings. The fraction of sp³-hybridized carbons (Fsp3) is 0.909. The summed E-state index contributed by atoms with van der Waals surface area (Å²) in [4.78, 5) is 13.5. The molecule has 2 saturated carbocycles. The van der Waals surface area contributed by atoms with E-state index < -0.39 is 0 Å². The van der Waals surface area contributed by atoms with Crippen LogP contribution >= 0.6 is 0 Å². The molecule has 0 spiro atoms. The van der Waals surface area contributed by atoms with Crippen LogP contribution in [-0.4, -0.2) is 30.8 Å². The minimum atomic E-state index is 0.0251. The summed E-state index contributed by atoms with van der Waals surface area (Å²) in [5.74, 6) is 0. The summed E-state index contributed by atoms with van der Waals surface area (Å²) in [7, 11) is 2.17. The van der Waals surface area contributed by atoms with E-state index in [1.807, 2.05) is 0 Å². The van der Waals surface area contributed by atoms with Crippen molar-refractivity contribution in [2.24, 2.45) is 5.41 Å². The van der Waals surface area contributed by atoms with E-state index in [1.165, 1.54) is 32.0 Å². The molecule has 0 aliphatic heterocycles. The molecule has 2 aliphatic rings. The Morgan fingerprint density at radius 1 is 1.38 bits per heavy atom. The molecule has 0 aromatic rings. The van der Waals surface area contributed by atoms with E-state index in [4.69, 9.17) is 0 Å². The van der Waals surface area contributed by atoms with Crippen molar-refractivity contribution in [1.82, 2.24) is 4.90 Å². The zero-order chi connectivity index (χ0) is 9.31. The van der Waals surface area contributed by atoms with Gasteiger partial charge in [-0.1, -0.05) is 12.8 Å². The van der Waals surface area contributed by atoms with Crippen molar-refractivity contribution in [3.05, 3.63) is 0 Å². The van der Waals surface area contributed by atoms with Gasteiger partial charge < -0.3 is 9.69 Å². The molecule has 0 amide bonds.